The fourth-order valence-corrected chi connectivity index (χ4v) is 13.6. The van der Waals surface area contributed by atoms with Crippen molar-refractivity contribution < 1.29 is 4.42 Å². The zero-order valence-electron chi connectivity index (χ0n) is 40.5. The van der Waals surface area contributed by atoms with Gasteiger partial charge in [-0.3, -0.25) is 0 Å². The minimum absolute atomic E-state index is 0.131. The van der Waals surface area contributed by atoms with E-state index in [1.54, 1.807) is 5.57 Å². The molecule has 0 N–H and O–H groups in total. The molecule has 2 aromatic rings. The van der Waals surface area contributed by atoms with E-state index in [4.69, 9.17) is 14.4 Å². The molecule has 5 heteroatoms. The van der Waals surface area contributed by atoms with Crippen molar-refractivity contribution in [2.75, 3.05) is 7.05 Å². The summed E-state index contributed by atoms with van der Waals surface area (Å²) >= 11 is 0. The van der Waals surface area contributed by atoms with E-state index in [2.05, 4.69) is 157 Å². The van der Waals surface area contributed by atoms with Crippen LogP contribution in [-0.2, 0) is 0 Å². The van der Waals surface area contributed by atoms with Gasteiger partial charge in [0, 0.05) is 41.2 Å². The predicted molar refractivity (Wildman–Crippen MR) is 286 cm³/mol. The van der Waals surface area contributed by atoms with Crippen LogP contribution >= 0.6 is 0 Å². The molecule has 1 aromatic carbocycles. The minimum Gasteiger partial charge on any atom is -0.458 e. The molecule has 0 amide bonds. The zero-order chi connectivity index (χ0) is 45.8. The highest BCUT2D eigenvalue weighted by Crippen LogP contribution is 2.56. The molecular weight excluding hydrogens is 841 g/mol. The molecular formula is C64H66N4O. The summed E-state index contributed by atoms with van der Waals surface area (Å²) in [4.78, 5) is 16.4. The van der Waals surface area contributed by atoms with Gasteiger partial charge in [0.15, 0.2) is 5.84 Å². The summed E-state index contributed by atoms with van der Waals surface area (Å²) in [7, 11) is 2.29. The predicted octanol–water partition coefficient (Wildman–Crippen LogP) is 16.0. The van der Waals surface area contributed by atoms with Crippen LogP contribution in [0.5, 0.6) is 0 Å². The number of fused-ring (bicyclic) bond motifs is 7. The Kier molecular flexibility index (Phi) is 11.4. The highest BCUT2D eigenvalue weighted by molar-refractivity contribution is 6.09. The van der Waals surface area contributed by atoms with Crippen LogP contribution in [-0.4, -0.2) is 34.7 Å². The molecule has 13 rings (SSSR count). The highest BCUT2D eigenvalue weighted by Gasteiger charge is 2.47. The van der Waals surface area contributed by atoms with Crippen molar-refractivity contribution >= 4 is 34.3 Å². The number of hydrogen-bond acceptors (Lipinski definition) is 5. The van der Waals surface area contributed by atoms with E-state index >= 15 is 0 Å². The van der Waals surface area contributed by atoms with Crippen molar-refractivity contribution in [3.8, 4) is 0 Å². The van der Waals surface area contributed by atoms with Gasteiger partial charge in [-0.1, -0.05) is 122 Å². The Morgan fingerprint density at radius 2 is 1.64 bits per heavy atom. The van der Waals surface area contributed by atoms with Crippen LogP contribution in [0.1, 0.15) is 132 Å². The molecule has 9 aliphatic carbocycles. The van der Waals surface area contributed by atoms with E-state index in [1.807, 2.05) is 0 Å². The lowest BCUT2D eigenvalue weighted by atomic mass is 9.69. The van der Waals surface area contributed by atoms with Crippen LogP contribution < -0.4 is 0 Å². The summed E-state index contributed by atoms with van der Waals surface area (Å²) in [5, 5.41) is 1.23. The van der Waals surface area contributed by atoms with Crippen molar-refractivity contribution in [2.24, 2.45) is 33.7 Å². The topological polar surface area (TPSA) is 44.3 Å². The SMILES string of the molecule is CN1C(C2C=CC=CC2)=NC(C2=CCCCC2)=NC1C1=C(c2ccc3oc4c(c3c2)C=CC2C3=CCCC=C3N(C3=CC=CCC3)C42)CCC(C2C=C(C3=CCCC=C3)C=C(C3=CC=CCC3)C2)C1. The van der Waals surface area contributed by atoms with E-state index in [-0.39, 0.29) is 18.1 Å². The van der Waals surface area contributed by atoms with E-state index in [0.29, 0.717) is 17.8 Å². The summed E-state index contributed by atoms with van der Waals surface area (Å²) in [5.74, 6) is 4.69. The monoisotopic (exact) mass is 907 g/mol. The average molecular weight is 907 g/mol. The Hall–Kier alpha value is -6.20. The Labute approximate surface area is 409 Å². The second kappa shape index (κ2) is 18.3. The first-order valence-corrected chi connectivity index (χ1v) is 26.7. The number of rotatable bonds is 8. The number of furan rings is 1. The molecule has 2 aliphatic heterocycles. The van der Waals surface area contributed by atoms with Crippen LogP contribution in [0, 0.1) is 23.7 Å². The maximum absolute atomic E-state index is 7.11. The van der Waals surface area contributed by atoms with Crippen LogP contribution in [0.4, 0.5) is 0 Å². The van der Waals surface area contributed by atoms with E-state index in [0.717, 1.165) is 119 Å². The molecule has 0 radical (unpaired) electrons. The summed E-state index contributed by atoms with van der Waals surface area (Å²) in [6, 6.07) is 7.30. The molecule has 1 aromatic heterocycles. The maximum atomic E-state index is 7.11. The first kappa shape index (κ1) is 42.9. The number of likely N-dealkylation sites (tertiary alicyclic amines) is 1. The summed E-state index contributed by atoms with van der Waals surface area (Å²) in [5.41, 5.74) is 18.0. The summed E-state index contributed by atoms with van der Waals surface area (Å²) in [6.45, 7) is 0. The lowest BCUT2D eigenvalue weighted by Crippen LogP contribution is -2.45. The molecule has 5 nitrogen and oxygen atoms in total. The fourth-order valence-electron chi connectivity index (χ4n) is 13.6. The van der Waals surface area contributed by atoms with E-state index < -0.39 is 0 Å². The van der Waals surface area contributed by atoms with Gasteiger partial charge < -0.3 is 14.2 Å². The lowest BCUT2D eigenvalue weighted by molar-refractivity contribution is 0.283. The van der Waals surface area contributed by atoms with Gasteiger partial charge in [-0.05, 0) is 189 Å². The van der Waals surface area contributed by atoms with Gasteiger partial charge in [0.2, 0.25) is 0 Å². The van der Waals surface area contributed by atoms with Crippen molar-refractivity contribution in [2.45, 2.75) is 121 Å². The largest absolute Gasteiger partial charge is 0.458 e. The third kappa shape index (κ3) is 7.85. The van der Waals surface area contributed by atoms with Gasteiger partial charge in [-0.15, -0.1) is 0 Å². The molecule has 1 saturated heterocycles. The smallest absolute Gasteiger partial charge is 0.154 e. The third-order valence-corrected chi connectivity index (χ3v) is 17.1. The van der Waals surface area contributed by atoms with Gasteiger partial charge in [0.05, 0.1) is 0 Å². The van der Waals surface area contributed by atoms with Gasteiger partial charge in [-0.2, -0.15) is 0 Å². The number of nitrogens with zero attached hydrogens (tertiary/aromatic N) is 4. The fraction of sp³-hybridized carbons (Fsp3) is 0.375. The Bertz CT molecular complexity index is 3030. The number of allylic oxidation sites excluding steroid dienone is 24. The van der Waals surface area contributed by atoms with Crippen molar-refractivity contribution in [3.05, 3.63) is 201 Å². The minimum atomic E-state index is -0.131. The van der Waals surface area contributed by atoms with E-state index in [9.17, 15) is 0 Å². The van der Waals surface area contributed by atoms with Crippen LogP contribution in [0.2, 0.25) is 0 Å². The zero-order valence-corrected chi connectivity index (χ0v) is 40.5. The summed E-state index contributed by atoms with van der Waals surface area (Å²) < 4.78 is 7.11. The number of amidine groups is 2. The molecule has 348 valence electrons. The van der Waals surface area contributed by atoms with Gasteiger partial charge in [0.25, 0.3) is 0 Å². The molecule has 1 fully saturated rings. The first-order valence-electron chi connectivity index (χ1n) is 26.7. The second-order valence-corrected chi connectivity index (χ2v) is 21.2. The van der Waals surface area contributed by atoms with Crippen LogP contribution in [0.3, 0.4) is 0 Å². The number of benzene rings is 1. The van der Waals surface area contributed by atoms with Crippen LogP contribution in [0.25, 0.3) is 22.6 Å². The Balaban J connectivity index is 0.931. The molecule has 6 atom stereocenters. The molecule has 3 heterocycles. The highest BCUT2D eigenvalue weighted by atomic mass is 16.3. The Morgan fingerprint density at radius 3 is 2.46 bits per heavy atom. The molecule has 69 heavy (non-hydrogen) atoms. The van der Waals surface area contributed by atoms with Crippen LogP contribution in [0.15, 0.2) is 198 Å². The molecule has 0 saturated carbocycles. The van der Waals surface area contributed by atoms with Gasteiger partial charge >= 0.3 is 0 Å². The third-order valence-electron chi connectivity index (χ3n) is 17.1. The van der Waals surface area contributed by atoms with Gasteiger partial charge in [0.1, 0.15) is 29.4 Å². The summed E-state index contributed by atoms with van der Waals surface area (Å²) in [6.07, 6.45) is 66.3. The second-order valence-electron chi connectivity index (χ2n) is 21.2. The van der Waals surface area contributed by atoms with Crippen molar-refractivity contribution in [3.63, 3.8) is 0 Å². The maximum Gasteiger partial charge on any atom is 0.154 e. The number of aliphatic imine (C=N–C) groups is 2. The number of likely N-dealkylation sites (N-methyl/N-ethyl adjacent to an activating group) is 1. The van der Waals surface area contributed by atoms with Crippen molar-refractivity contribution in [1.82, 2.24) is 9.80 Å². The number of hydrogen-bond donors (Lipinski definition) is 0. The van der Waals surface area contributed by atoms with E-state index in [1.165, 1.54) is 79.8 Å². The standard InChI is InChI=1S/C64H66N4O/c1-67-63(45-25-13-5-14-26-45)65-62(44-23-11-4-12-24-44)66-64(67)57-40-46(50-38-48(42-19-7-2-8-20-42)37-49(39-50)43-21-9-3-10-22-43)31-33-52(57)47-32-36-59-56(41-47)55-35-34-54-53-29-17-18-30-58(53)68(60(54)61(55)69-59)51-27-15-6-16-28-51/h2,5-7,9,13-15,19,21-23,25,27,29-30,32,34-37,39,41,45-46,50,54,60,64H,3-4,8,10-12,16-18,20,24,26,28,31,33,38,40H2,1H3. The molecule has 0 spiro atoms. The molecule has 0 bridgehead atoms. The normalized spacial score (nSPS) is 29.5. The van der Waals surface area contributed by atoms with Crippen molar-refractivity contribution in [1.29, 1.82) is 0 Å². The molecule has 11 aliphatic rings. The quantitative estimate of drug-likeness (QED) is 0.265. The van der Waals surface area contributed by atoms with Gasteiger partial charge in [-0.25, -0.2) is 9.98 Å². The lowest BCUT2D eigenvalue weighted by Gasteiger charge is -2.41. The average Bonchev–Trinajstić information content (AvgIpc) is 3.98. The first-order chi connectivity index (χ1) is 34.1. The Morgan fingerprint density at radius 1 is 0.725 bits per heavy atom. The molecule has 6 unspecified atom stereocenters.